The highest BCUT2D eigenvalue weighted by Crippen LogP contribution is 2.40. The van der Waals surface area contributed by atoms with Crippen molar-refractivity contribution >= 4 is 0 Å². The summed E-state index contributed by atoms with van der Waals surface area (Å²) in [7, 11) is 0. The molecule has 1 aromatic rings. The van der Waals surface area contributed by atoms with Crippen LogP contribution in [0.3, 0.4) is 0 Å². The summed E-state index contributed by atoms with van der Waals surface area (Å²) in [6.07, 6.45) is 3.51. The Kier molecular flexibility index (Phi) is 4.40. The van der Waals surface area contributed by atoms with Crippen LogP contribution in [0.2, 0.25) is 0 Å². The van der Waals surface area contributed by atoms with Crippen molar-refractivity contribution in [2.45, 2.75) is 52.4 Å². The number of hydrogen-bond acceptors (Lipinski definition) is 1. The van der Waals surface area contributed by atoms with Gasteiger partial charge >= 0.3 is 0 Å². The van der Waals surface area contributed by atoms with Crippen molar-refractivity contribution in [3.8, 4) is 5.75 Å². The van der Waals surface area contributed by atoms with Crippen LogP contribution in [0, 0.1) is 5.92 Å². The molecule has 1 N–H and O–H groups in total. The molecule has 1 rings (SSSR count). The number of aromatic hydroxyl groups is 1. The molecule has 0 saturated carbocycles. The van der Waals surface area contributed by atoms with Crippen molar-refractivity contribution in [1.82, 2.24) is 0 Å². The lowest BCUT2D eigenvalue weighted by molar-refractivity contribution is 0.258. The molecular formula is C15H24O. The maximum absolute atomic E-state index is 9.36. The Hall–Kier alpha value is -0.980. The van der Waals surface area contributed by atoms with Crippen LogP contribution in [0.5, 0.6) is 5.75 Å². The molecule has 0 spiro atoms. The summed E-state index contributed by atoms with van der Waals surface area (Å²) in [5.41, 5.74) is 1.63. The highest BCUT2D eigenvalue weighted by Gasteiger charge is 2.33. The van der Waals surface area contributed by atoms with Gasteiger partial charge in [-0.25, -0.2) is 0 Å². The molecule has 0 aromatic heterocycles. The SMILES string of the molecule is CCC(C)C(CC)(CC)c1ccc(O)cc1. The van der Waals surface area contributed by atoms with Crippen LogP contribution in [0.25, 0.3) is 0 Å². The van der Waals surface area contributed by atoms with Gasteiger partial charge in [-0.1, -0.05) is 46.2 Å². The monoisotopic (exact) mass is 220 g/mol. The highest BCUT2D eigenvalue weighted by molar-refractivity contribution is 5.32. The van der Waals surface area contributed by atoms with Crippen molar-refractivity contribution in [2.24, 2.45) is 5.92 Å². The standard InChI is InChI=1S/C15H24O/c1-5-12(4)15(6-2,7-3)13-8-10-14(16)11-9-13/h8-12,16H,5-7H2,1-4H3. The Labute approximate surface area is 99.5 Å². The number of hydrogen-bond donors (Lipinski definition) is 1. The minimum atomic E-state index is 0.266. The first-order valence-corrected chi connectivity index (χ1v) is 6.40. The van der Waals surface area contributed by atoms with E-state index < -0.39 is 0 Å². The molecule has 0 heterocycles. The number of rotatable bonds is 5. The Morgan fingerprint density at radius 2 is 1.56 bits per heavy atom. The first-order valence-electron chi connectivity index (χ1n) is 6.40. The Morgan fingerprint density at radius 3 is 1.94 bits per heavy atom. The molecule has 1 nitrogen and oxygen atoms in total. The lowest BCUT2D eigenvalue weighted by Crippen LogP contribution is -2.32. The normalized spacial score (nSPS) is 13.8. The van der Waals surface area contributed by atoms with Crippen molar-refractivity contribution in [2.75, 3.05) is 0 Å². The smallest absolute Gasteiger partial charge is 0.115 e. The third kappa shape index (κ3) is 2.23. The van der Waals surface area contributed by atoms with Crippen LogP contribution in [-0.4, -0.2) is 5.11 Å². The number of phenolic OH excluding ortho intramolecular Hbond substituents is 1. The zero-order chi connectivity index (χ0) is 12.2. The third-order valence-electron chi connectivity index (χ3n) is 4.26. The fraction of sp³-hybridized carbons (Fsp3) is 0.600. The van der Waals surface area contributed by atoms with E-state index in [9.17, 15) is 5.11 Å². The maximum atomic E-state index is 9.36. The van der Waals surface area contributed by atoms with Gasteiger partial charge in [0.05, 0.1) is 0 Å². The van der Waals surface area contributed by atoms with E-state index in [2.05, 4.69) is 39.8 Å². The molecule has 0 aliphatic carbocycles. The second-order valence-electron chi connectivity index (χ2n) is 4.72. The molecule has 0 saturated heterocycles. The molecule has 0 aliphatic heterocycles. The summed E-state index contributed by atoms with van der Waals surface area (Å²) in [4.78, 5) is 0. The Morgan fingerprint density at radius 1 is 1.06 bits per heavy atom. The number of benzene rings is 1. The summed E-state index contributed by atoms with van der Waals surface area (Å²) in [5, 5.41) is 9.36. The predicted molar refractivity (Wildman–Crippen MR) is 69.8 cm³/mol. The van der Waals surface area contributed by atoms with Gasteiger partial charge < -0.3 is 5.11 Å². The quantitative estimate of drug-likeness (QED) is 0.774. The first kappa shape index (κ1) is 13.1. The van der Waals surface area contributed by atoms with E-state index in [1.54, 1.807) is 12.1 Å². The zero-order valence-corrected chi connectivity index (χ0v) is 11.0. The summed E-state index contributed by atoms with van der Waals surface area (Å²) in [6.45, 7) is 9.12. The van der Waals surface area contributed by atoms with Crippen molar-refractivity contribution in [3.05, 3.63) is 29.8 Å². The second kappa shape index (κ2) is 5.38. The van der Waals surface area contributed by atoms with Gasteiger partial charge in [-0.15, -0.1) is 0 Å². The lowest BCUT2D eigenvalue weighted by Gasteiger charge is -2.38. The average molecular weight is 220 g/mol. The van der Waals surface area contributed by atoms with Crippen LogP contribution in [-0.2, 0) is 5.41 Å². The van der Waals surface area contributed by atoms with Crippen molar-refractivity contribution < 1.29 is 5.11 Å². The third-order valence-corrected chi connectivity index (χ3v) is 4.26. The van der Waals surface area contributed by atoms with Gasteiger partial charge in [-0.2, -0.15) is 0 Å². The van der Waals surface area contributed by atoms with Gasteiger partial charge in [-0.3, -0.25) is 0 Å². The van der Waals surface area contributed by atoms with E-state index in [0.717, 1.165) is 12.8 Å². The summed E-state index contributed by atoms with van der Waals surface area (Å²) in [6, 6.07) is 7.76. The minimum Gasteiger partial charge on any atom is -0.508 e. The van der Waals surface area contributed by atoms with Crippen molar-refractivity contribution in [1.29, 1.82) is 0 Å². The first-order chi connectivity index (χ1) is 7.60. The Bertz CT molecular complexity index is 309. The van der Waals surface area contributed by atoms with Crippen molar-refractivity contribution in [3.63, 3.8) is 0 Å². The second-order valence-corrected chi connectivity index (χ2v) is 4.72. The molecule has 90 valence electrons. The topological polar surface area (TPSA) is 20.2 Å². The molecule has 0 fully saturated rings. The minimum absolute atomic E-state index is 0.266. The summed E-state index contributed by atoms with van der Waals surface area (Å²) < 4.78 is 0. The van der Waals surface area contributed by atoms with Crippen LogP contribution in [0.15, 0.2) is 24.3 Å². The largest absolute Gasteiger partial charge is 0.508 e. The molecular weight excluding hydrogens is 196 g/mol. The van der Waals surface area contributed by atoms with Gasteiger partial charge in [0.2, 0.25) is 0 Å². The molecule has 0 aliphatic rings. The molecule has 0 bridgehead atoms. The fourth-order valence-electron chi connectivity index (χ4n) is 2.82. The maximum Gasteiger partial charge on any atom is 0.115 e. The predicted octanol–water partition coefficient (Wildman–Crippen LogP) is 4.50. The van der Waals surface area contributed by atoms with E-state index >= 15 is 0 Å². The summed E-state index contributed by atoms with van der Waals surface area (Å²) >= 11 is 0. The molecule has 0 radical (unpaired) electrons. The van der Waals surface area contributed by atoms with E-state index in [1.165, 1.54) is 12.0 Å². The van der Waals surface area contributed by atoms with E-state index in [0.29, 0.717) is 11.7 Å². The molecule has 1 heteroatoms. The molecule has 0 amide bonds. The van der Waals surface area contributed by atoms with Gasteiger partial charge in [-0.05, 0) is 41.9 Å². The Balaban J connectivity index is 3.14. The fourth-order valence-corrected chi connectivity index (χ4v) is 2.82. The van der Waals surface area contributed by atoms with Crippen LogP contribution < -0.4 is 0 Å². The highest BCUT2D eigenvalue weighted by atomic mass is 16.3. The molecule has 1 unspecified atom stereocenters. The van der Waals surface area contributed by atoms with Gasteiger partial charge in [0, 0.05) is 0 Å². The number of phenols is 1. The molecule has 1 atom stereocenters. The van der Waals surface area contributed by atoms with E-state index in [-0.39, 0.29) is 5.41 Å². The average Bonchev–Trinajstić information content (AvgIpc) is 2.33. The zero-order valence-electron chi connectivity index (χ0n) is 11.0. The molecule has 1 aromatic carbocycles. The van der Waals surface area contributed by atoms with Crippen LogP contribution in [0.1, 0.15) is 52.5 Å². The van der Waals surface area contributed by atoms with E-state index in [4.69, 9.17) is 0 Å². The van der Waals surface area contributed by atoms with Gasteiger partial charge in [0.15, 0.2) is 0 Å². The van der Waals surface area contributed by atoms with E-state index in [1.807, 2.05) is 0 Å². The van der Waals surface area contributed by atoms with Gasteiger partial charge in [0.25, 0.3) is 0 Å². The van der Waals surface area contributed by atoms with Crippen LogP contribution in [0.4, 0.5) is 0 Å². The van der Waals surface area contributed by atoms with Crippen LogP contribution >= 0.6 is 0 Å². The van der Waals surface area contributed by atoms with Gasteiger partial charge in [0.1, 0.15) is 5.75 Å². The molecule has 16 heavy (non-hydrogen) atoms. The lowest BCUT2D eigenvalue weighted by atomic mass is 9.66. The summed E-state index contributed by atoms with van der Waals surface area (Å²) in [5.74, 6) is 1.03.